The predicted molar refractivity (Wildman–Crippen MR) is 106 cm³/mol. The highest BCUT2D eigenvalue weighted by Gasteiger charge is 2.61. The quantitative estimate of drug-likeness (QED) is 0.443. The number of aromatic nitrogens is 1. The van der Waals surface area contributed by atoms with E-state index in [2.05, 4.69) is 4.98 Å². The lowest BCUT2D eigenvalue weighted by Crippen LogP contribution is -2.56. The number of aryl methyl sites for hydroxylation is 1. The van der Waals surface area contributed by atoms with Crippen LogP contribution in [0.2, 0.25) is 0 Å². The van der Waals surface area contributed by atoms with E-state index in [-0.39, 0.29) is 22.4 Å². The van der Waals surface area contributed by atoms with Crippen molar-refractivity contribution in [1.29, 1.82) is 0 Å². The van der Waals surface area contributed by atoms with Crippen molar-refractivity contribution >= 4 is 29.1 Å². The third-order valence-electron chi connectivity index (χ3n) is 7.11. The molecule has 0 radical (unpaired) electrons. The van der Waals surface area contributed by atoms with Crippen LogP contribution in [0.1, 0.15) is 84.5 Å². The summed E-state index contributed by atoms with van der Waals surface area (Å²) in [6.07, 6.45) is 4.55. The minimum Gasteiger partial charge on any atom is -0.454 e. The second-order valence-corrected chi connectivity index (χ2v) is 10.3. The van der Waals surface area contributed by atoms with Crippen molar-refractivity contribution in [1.82, 2.24) is 4.98 Å². The monoisotopic (exact) mass is 405 g/mol. The van der Waals surface area contributed by atoms with Crippen LogP contribution in [-0.2, 0) is 9.53 Å². The summed E-state index contributed by atoms with van der Waals surface area (Å²) in [4.78, 5) is 40.6. The number of nitrogens with one attached hydrogen (secondary N) is 1. The Labute approximate surface area is 170 Å². The number of Topliss-reactive ketones (excluding diaryl/α,β-unsaturated/α-hetero) is 2. The molecule has 4 saturated carbocycles. The standard InChI is InChI=1S/C22H28ClNO4/c1-11-17(13(3)25)12(2)24-18(11)19(26)14(4)28-20(27)21-6-15-5-16(7-21)9-22(23,8-15)10-21/h14-16,24H,5-10H2,1-4H3/t14-,15-,16+,21?,22?/m0/s1. The summed E-state index contributed by atoms with van der Waals surface area (Å²) < 4.78 is 5.71. The highest BCUT2D eigenvalue weighted by atomic mass is 35.5. The molecule has 1 N–H and O–H groups in total. The molecule has 0 saturated heterocycles. The smallest absolute Gasteiger partial charge is 0.312 e. The SMILES string of the molecule is CC(=O)c1c(C)[nH]c(C(=O)[C@H](C)OC(=O)C23C[C@@H]4C[C@@H](CC(Cl)(C4)C2)C3)c1C. The molecule has 0 aromatic carbocycles. The molecule has 5 atom stereocenters. The van der Waals surface area contributed by atoms with E-state index in [1.54, 1.807) is 20.8 Å². The van der Waals surface area contributed by atoms with E-state index < -0.39 is 11.5 Å². The largest absolute Gasteiger partial charge is 0.454 e. The van der Waals surface area contributed by atoms with Crippen LogP contribution < -0.4 is 0 Å². The molecule has 4 aliphatic carbocycles. The molecule has 0 aliphatic heterocycles. The molecular weight excluding hydrogens is 378 g/mol. The highest BCUT2D eigenvalue weighted by molar-refractivity contribution is 6.24. The summed E-state index contributed by atoms with van der Waals surface area (Å²) >= 11 is 6.82. The second-order valence-electron chi connectivity index (χ2n) is 9.49. The summed E-state index contributed by atoms with van der Waals surface area (Å²) in [6, 6.07) is 0. The third kappa shape index (κ3) is 3.02. The Morgan fingerprint density at radius 1 is 1.14 bits per heavy atom. The number of halogens is 1. The van der Waals surface area contributed by atoms with Crippen LogP contribution >= 0.6 is 11.6 Å². The maximum atomic E-state index is 13.2. The van der Waals surface area contributed by atoms with Crippen LogP contribution in [0.15, 0.2) is 0 Å². The second kappa shape index (κ2) is 6.45. The fourth-order valence-electron chi connectivity index (χ4n) is 6.46. The fraction of sp³-hybridized carbons (Fsp3) is 0.682. The molecule has 4 fully saturated rings. The zero-order valence-electron chi connectivity index (χ0n) is 17.0. The van der Waals surface area contributed by atoms with E-state index in [9.17, 15) is 14.4 Å². The van der Waals surface area contributed by atoms with Gasteiger partial charge in [-0.3, -0.25) is 14.4 Å². The minimum atomic E-state index is -0.900. The molecule has 5 rings (SSSR count). The Kier molecular flexibility index (Phi) is 4.53. The van der Waals surface area contributed by atoms with Gasteiger partial charge in [0.2, 0.25) is 5.78 Å². The number of hydrogen-bond donors (Lipinski definition) is 1. The van der Waals surface area contributed by atoms with Gasteiger partial charge in [-0.1, -0.05) is 0 Å². The number of esters is 1. The lowest BCUT2D eigenvalue weighted by Gasteiger charge is -2.58. The molecule has 1 aromatic rings. The zero-order chi connectivity index (χ0) is 20.4. The van der Waals surface area contributed by atoms with Gasteiger partial charge in [0.05, 0.1) is 11.1 Å². The first-order chi connectivity index (χ1) is 13.0. The first-order valence-electron chi connectivity index (χ1n) is 10.2. The van der Waals surface area contributed by atoms with Gasteiger partial charge in [-0.15, -0.1) is 11.6 Å². The van der Waals surface area contributed by atoms with Crippen LogP contribution in [0.3, 0.4) is 0 Å². The van der Waals surface area contributed by atoms with E-state index in [0.29, 0.717) is 40.8 Å². The maximum absolute atomic E-state index is 13.2. The van der Waals surface area contributed by atoms with Gasteiger partial charge in [0, 0.05) is 16.1 Å². The molecular formula is C22H28ClNO4. The van der Waals surface area contributed by atoms with Crippen molar-refractivity contribution in [2.75, 3.05) is 0 Å². The molecule has 6 heteroatoms. The van der Waals surface area contributed by atoms with Crippen LogP contribution in [0.25, 0.3) is 0 Å². The molecule has 0 amide bonds. The lowest BCUT2D eigenvalue weighted by molar-refractivity contribution is -0.172. The number of aromatic amines is 1. The van der Waals surface area contributed by atoms with Gasteiger partial charge in [0.1, 0.15) is 0 Å². The summed E-state index contributed by atoms with van der Waals surface area (Å²) in [7, 11) is 0. The molecule has 0 spiro atoms. The van der Waals surface area contributed by atoms with Gasteiger partial charge < -0.3 is 9.72 Å². The molecule has 28 heavy (non-hydrogen) atoms. The van der Waals surface area contributed by atoms with Crippen LogP contribution in [0.5, 0.6) is 0 Å². The lowest BCUT2D eigenvalue weighted by atomic mass is 9.49. The zero-order valence-corrected chi connectivity index (χ0v) is 17.7. The molecule has 4 aliphatic rings. The van der Waals surface area contributed by atoms with E-state index in [0.717, 1.165) is 32.1 Å². The average Bonchev–Trinajstić information content (AvgIpc) is 2.86. The minimum absolute atomic E-state index is 0.0871. The summed E-state index contributed by atoms with van der Waals surface area (Å²) in [5.74, 6) is 0.315. The van der Waals surface area contributed by atoms with Crippen molar-refractivity contribution < 1.29 is 19.1 Å². The Morgan fingerprint density at radius 3 is 2.25 bits per heavy atom. The molecule has 1 heterocycles. The van der Waals surface area contributed by atoms with Gasteiger partial charge in [-0.05, 0) is 83.6 Å². The Bertz CT molecular complexity index is 856. The molecule has 152 valence electrons. The number of rotatable bonds is 5. The number of hydrogen-bond acceptors (Lipinski definition) is 4. The van der Waals surface area contributed by atoms with E-state index >= 15 is 0 Å². The predicted octanol–water partition coefficient (Wildman–Crippen LogP) is 4.53. The van der Waals surface area contributed by atoms with Gasteiger partial charge in [-0.2, -0.15) is 0 Å². The van der Waals surface area contributed by atoms with Crippen LogP contribution in [0.4, 0.5) is 0 Å². The fourth-order valence-corrected chi connectivity index (χ4v) is 7.15. The van der Waals surface area contributed by atoms with Gasteiger partial charge in [0.15, 0.2) is 11.9 Å². The summed E-state index contributed by atoms with van der Waals surface area (Å²) in [5, 5.41) is 0. The Morgan fingerprint density at radius 2 is 1.75 bits per heavy atom. The van der Waals surface area contributed by atoms with Gasteiger partial charge in [-0.25, -0.2) is 0 Å². The van der Waals surface area contributed by atoms with Crippen molar-refractivity contribution in [2.24, 2.45) is 17.3 Å². The normalized spacial score (nSPS) is 34.3. The first kappa shape index (κ1) is 19.7. The van der Waals surface area contributed by atoms with E-state index in [1.165, 1.54) is 6.92 Å². The van der Waals surface area contributed by atoms with Crippen LogP contribution in [-0.4, -0.2) is 33.5 Å². The number of ether oxygens (including phenoxy) is 1. The average molecular weight is 406 g/mol. The Balaban J connectivity index is 1.52. The van der Waals surface area contributed by atoms with E-state index in [1.807, 2.05) is 0 Å². The molecule has 1 aromatic heterocycles. The number of alkyl halides is 1. The topological polar surface area (TPSA) is 76.2 Å². The van der Waals surface area contributed by atoms with Crippen molar-refractivity contribution in [3.8, 4) is 0 Å². The molecule has 5 nitrogen and oxygen atoms in total. The van der Waals surface area contributed by atoms with Crippen molar-refractivity contribution in [2.45, 2.75) is 77.2 Å². The van der Waals surface area contributed by atoms with Crippen molar-refractivity contribution in [3.05, 3.63) is 22.5 Å². The number of ketones is 2. The van der Waals surface area contributed by atoms with E-state index in [4.69, 9.17) is 16.3 Å². The first-order valence-corrected chi connectivity index (χ1v) is 10.6. The van der Waals surface area contributed by atoms with Gasteiger partial charge >= 0.3 is 5.97 Å². The number of H-pyrrole nitrogens is 1. The molecule has 4 bridgehead atoms. The highest BCUT2D eigenvalue weighted by Crippen LogP contribution is 2.64. The number of carbonyl (C=O) groups is 3. The Hall–Kier alpha value is -1.62. The van der Waals surface area contributed by atoms with Crippen LogP contribution in [0, 0.1) is 31.1 Å². The van der Waals surface area contributed by atoms with Crippen molar-refractivity contribution in [3.63, 3.8) is 0 Å². The molecule has 2 unspecified atom stereocenters. The summed E-state index contributed by atoms with van der Waals surface area (Å²) in [5.41, 5.74) is 1.63. The third-order valence-corrected chi connectivity index (χ3v) is 7.55. The maximum Gasteiger partial charge on any atom is 0.312 e. The van der Waals surface area contributed by atoms with Gasteiger partial charge in [0.25, 0.3) is 0 Å². The number of carbonyl (C=O) groups excluding carboxylic acids is 3. The summed E-state index contributed by atoms with van der Waals surface area (Å²) in [6.45, 7) is 6.61.